The average molecular weight is 295 g/mol. The summed E-state index contributed by atoms with van der Waals surface area (Å²) in [5, 5.41) is 21.2. The van der Waals surface area contributed by atoms with Crippen LogP contribution in [0.2, 0.25) is 0 Å². The zero-order valence-corrected chi connectivity index (χ0v) is 12.5. The number of β-amino-alcohol motifs (C(OH)–C–C–N with tert-alkyl or cyclic N) is 1. The van der Waals surface area contributed by atoms with Crippen LogP contribution in [0.5, 0.6) is 5.75 Å². The number of nitro benzene ring substituents is 1. The van der Waals surface area contributed by atoms with E-state index in [-0.39, 0.29) is 11.7 Å². The minimum absolute atomic E-state index is 0.00667. The van der Waals surface area contributed by atoms with Crippen molar-refractivity contribution in [2.45, 2.75) is 18.6 Å². The summed E-state index contributed by atoms with van der Waals surface area (Å²) in [4.78, 5) is 14.8. The summed E-state index contributed by atoms with van der Waals surface area (Å²) >= 11 is 0. The molecule has 7 heteroatoms. The first-order valence-corrected chi connectivity index (χ1v) is 6.84. The van der Waals surface area contributed by atoms with E-state index in [4.69, 9.17) is 4.74 Å². The summed E-state index contributed by atoms with van der Waals surface area (Å²) in [6.07, 6.45) is 0.151. The molecule has 1 fully saturated rings. The van der Waals surface area contributed by atoms with Gasteiger partial charge in [0.15, 0.2) is 0 Å². The lowest BCUT2D eigenvalue weighted by Gasteiger charge is -2.28. The quantitative estimate of drug-likeness (QED) is 0.647. The first-order valence-electron chi connectivity index (χ1n) is 6.84. The minimum atomic E-state index is -0.461. The Bertz CT molecular complexity index is 521. The molecule has 0 amide bonds. The standard InChI is InChI=1S/C14H21N3O4/c1-15(2)8-10-6-11(18)9-16(10)13-5-4-12(21-3)7-14(13)17(19)20/h4-5,7,10-11,18H,6,8-9H2,1-3H3. The van der Waals surface area contributed by atoms with E-state index in [2.05, 4.69) is 0 Å². The van der Waals surface area contributed by atoms with Crippen LogP contribution in [-0.4, -0.2) is 61.4 Å². The number of aliphatic hydroxyl groups is 1. The van der Waals surface area contributed by atoms with Crippen LogP contribution in [0.3, 0.4) is 0 Å². The lowest BCUT2D eigenvalue weighted by molar-refractivity contribution is -0.384. The van der Waals surface area contributed by atoms with Crippen LogP contribution < -0.4 is 9.64 Å². The van der Waals surface area contributed by atoms with Crippen molar-refractivity contribution >= 4 is 11.4 Å². The molecule has 0 aliphatic carbocycles. The van der Waals surface area contributed by atoms with Crippen molar-refractivity contribution in [2.75, 3.05) is 39.2 Å². The lowest BCUT2D eigenvalue weighted by Crippen LogP contribution is -2.37. The van der Waals surface area contributed by atoms with Gasteiger partial charge in [0, 0.05) is 19.1 Å². The maximum Gasteiger partial charge on any atom is 0.296 e. The van der Waals surface area contributed by atoms with Crippen molar-refractivity contribution < 1.29 is 14.8 Å². The van der Waals surface area contributed by atoms with Gasteiger partial charge in [-0.1, -0.05) is 0 Å². The number of benzene rings is 1. The van der Waals surface area contributed by atoms with Crippen molar-refractivity contribution in [3.8, 4) is 5.75 Å². The number of hydrogen-bond acceptors (Lipinski definition) is 6. The smallest absolute Gasteiger partial charge is 0.296 e. The molecule has 1 aliphatic rings. The number of nitro groups is 1. The first-order chi connectivity index (χ1) is 9.92. The first kappa shape index (κ1) is 15.5. The highest BCUT2D eigenvalue weighted by molar-refractivity contribution is 5.66. The van der Waals surface area contributed by atoms with Crippen molar-refractivity contribution in [2.24, 2.45) is 0 Å². The Balaban J connectivity index is 2.36. The second kappa shape index (κ2) is 6.28. The van der Waals surface area contributed by atoms with Gasteiger partial charge in [0.25, 0.3) is 5.69 Å². The molecule has 2 rings (SSSR count). The van der Waals surface area contributed by atoms with E-state index >= 15 is 0 Å². The molecule has 0 radical (unpaired) electrons. The van der Waals surface area contributed by atoms with Gasteiger partial charge in [0.05, 0.1) is 24.2 Å². The Morgan fingerprint density at radius 3 is 2.81 bits per heavy atom. The lowest BCUT2D eigenvalue weighted by atomic mass is 10.1. The molecule has 116 valence electrons. The van der Waals surface area contributed by atoms with Crippen LogP contribution in [0.15, 0.2) is 18.2 Å². The topological polar surface area (TPSA) is 79.1 Å². The van der Waals surface area contributed by atoms with Crippen molar-refractivity contribution in [1.82, 2.24) is 4.90 Å². The zero-order valence-electron chi connectivity index (χ0n) is 12.5. The highest BCUT2D eigenvalue weighted by Crippen LogP contribution is 2.36. The van der Waals surface area contributed by atoms with Crippen LogP contribution in [0.25, 0.3) is 0 Å². The van der Waals surface area contributed by atoms with Gasteiger partial charge in [0.1, 0.15) is 11.4 Å². The molecule has 2 atom stereocenters. The predicted molar refractivity (Wildman–Crippen MR) is 80.0 cm³/mol. The summed E-state index contributed by atoms with van der Waals surface area (Å²) in [5.74, 6) is 0.453. The van der Waals surface area contributed by atoms with Gasteiger partial charge in [-0.05, 0) is 32.6 Å². The highest BCUT2D eigenvalue weighted by Gasteiger charge is 2.34. The zero-order chi connectivity index (χ0) is 15.6. The Morgan fingerprint density at radius 1 is 1.52 bits per heavy atom. The minimum Gasteiger partial charge on any atom is -0.496 e. The monoisotopic (exact) mass is 295 g/mol. The fraction of sp³-hybridized carbons (Fsp3) is 0.571. The number of ether oxygens (including phenoxy) is 1. The van der Waals surface area contributed by atoms with E-state index in [9.17, 15) is 15.2 Å². The summed E-state index contributed by atoms with van der Waals surface area (Å²) in [6, 6.07) is 4.88. The highest BCUT2D eigenvalue weighted by atomic mass is 16.6. The predicted octanol–water partition coefficient (Wildman–Crippen LogP) is 1.10. The van der Waals surface area contributed by atoms with Crippen LogP contribution in [0.4, 0.5) is 11.4 Å². The molecular formula is C14H21N3O4. The maximum absolute atomic E-state index is 11.3. The average Bonchev–Trinajstić information content (AvgIpc) is 2.77. The third-order valence-electron chi connectivity index (χ3n) is 3.66. The van der Waals surface area contributed by atoms with Crippen molar-refractivity contribution in [3.05, 3.63) is 28.3 Å². The molecule has 21 heavy (non-hydrogen) atoms. The number of rotatable bonds is 5. The molecule has 1 N–H and O–H groups in total. The number of likely N-dealkylation sites (N-methyl/N-ethyl adjacent to an activating group) is 1. The van der Waals surface area contributed by atoms with Crippen LogP contribution in [0.1, 0.15) is 6.42 Å². The second-order valence-corrected chi connectivity index (χ2v) is 5.57. The summed E-state index contributed by atoms with van der Waals surface area (Å²) in [6.45, 7) is 1.14. The van der Waals surface area contributed by atoms with E-state index < -0.39 is 11.0 Å². The van der Waals surface area contributed by atoms with E-state index in [1.165, 1.54) is 13.2 Å². The number of methoxy groups -OCH3 is 1. The normalized spacial score (nSPS) is 21.9. The molecule has 1 aromatic carbocycles. The molecule has 7 nitrogen and oxygen atoms in total. The van der Waals surface area contributed by atoms with Gasteiger partial charge < -0.3 is 19.6 Å². The summed E-state index contributed by atoms with van der Waals surface area (Å²) in [5.41, 5.74) is 0.538. The number of nitrogens with zero attached hydrogens (tertiary/aromatic N) is 3. The Morgan fingerprint density at radius 2 is 2.24 bits per heavy atom. The van der Waals surface area contributed by atoms with Gasteiger partial charge in [0.2, 0.25) is 0 Å². The summed E-state index contributed by atoms with van der Waals surface area (Å²) < 4.78 is 5.05. The maximum atomic E-state index is 11.3. The Hall–Kier alpha value is -1.86. The van der Waals surface area contributed by atoms with E-state index in [0.717, 1.165) is 6.54 Å². The molecule has 1 heterocycles. The molecule has 0 saturated carbocycles. The third-order valence-corrected chi connectivity index (χ3v) is 3.66. The Labute approximate surface area is 123 Å². The molecule has 0 bridgehead atoms. The van der Waals surface area contributed by atoms with E-state index in [1.54, 1.807) is 12.1 Å². The van der Waals surface area contributed by atoms with Gasteiger partial charge in [-0.25, -0.2) is 0 Å². The van der Waals surface area contributed by atoms with Gasteiger partial charge in [-0.3, -0.25) is 10.1 Å². The summed E-state index contributed by atoms with van der Waals surface area (Å²) in [7, 11) is 5.38. The van der Waals surface area contributed by atoms with E-state index in [0.29, 0.717) is 24.4 Å². The second-order valence-electron chi connectivity index (χ2n) is 5.57. The third kappa shape index (κ3) is 3.43. The largest absolute Gasteiger partial charge is 0.496 e. The SMILES string of the molecule is COc1ccc(N2CC(O)CC2CN(C)C)c([N+](=O)[O-])c1. The van der Waals surface area contributed by atoms with Crippen molar-refractivity contribution in [1.29, 1.82) is 0 Å². The van der Waals surface area contributed by atoms with Gasteiger partial charge >= 0.3 is 0 Å². The van der Waals surface area contributed by atoms with Crippen LogP contribution >= 0.6 is 0 Å². The van der Waals surface area contributed by atoms with Gasteiger partial charge in [-0.2, -0.15) is 0 Å². The Kier molecular flexibility index (Phi) is 4.64. The molecule has 1 aliphatic heterocycles. The number of anilines is 1. The fourth-order valence-corrected chi connectivity index (χ4v) is 2.80. The number of aliphatic hydroxyl groups excluding tert-OH is 1. The number of hydrogen-bond donors (Lipinski definition) is 1. The molecule has 0 spiro atoms. The molecular weight excluding hydrogens is 274 g/mol. The van der Waals surface area contributed by atoms with E-state index in [1.807, 2.05) is 23.9 Å². The van der Waals surface area contributed by atoms with Crippen LogP contribution in [-0.2, 0) is 0 Å². The van der Waals surface area contributed by atoms with Crippen molar-refractivity contribution in [3.63, 3.8) is 0 Å². The molecule has 1 saturated heterocycles. The van der Waals surface area contributed by atoms with Gasteiger partial charge in [-0.15, -0.1) is 0 Å². The molecule has 2 unspecified atom stereocenters. The van der Waals surface area contributed by atoms with Crippen LogP contribution in [0, 0.1) is 10.1 Å². The molecule has 0 aromatic heterocycles. The fourth-order valence-electron chi connectivity index (χ4n) is 2.80. The molecule has 1 aromatic rings.